The van der Waals surface area contributed by atoms with Gasteiger partial charge in [0.05, 0.1) is 13.2 Å². The number of carbonyl (C=O) groups is 1. The van der Waals surface area contributed by atoms with Gasteiger partial charge in [-0.1, -0.05) is 6.07 Å². The molecule has 20 heavy (non-hydrogen) atoms. The molecule has 0 aromatic heterocycles. The van der Waals surface area contributed by atoms with Crippen molar-refractivity contribution < 1.29 is 14.6 Å². The van der Waals surface area contributed by atoms with E-state index in [4.69, 9.17) is 10.5 Å². The van der Waals surface area contributed by atoms with Crippen LogP contribution in [-0.2, 0) is 0 Å². The number of anilines is 1. The van der Waals surface area contributed by atoms with Crippen LogP contribution in [0, 0.1) is 0 Å². The van der Waals surface area contributed by atoms with Crippen LogP contribution in [-0.4, -0.2) is 41.7 Å². The molecule has 110 valence electrons. The van der Waals surface area contributed by atoms with Crippen molar-refractivity contribution in [3.63, 3.8) is 0 Å². The first-order chi connectivity index (χ1) is 9.69. The lowest BCUT2D eigenvalue weighted by atomic mass is 9.90. The second kappa shape index (κ2) is 6.61. The van der Waals surface area contributed by atoms with Crippen molar-refractivity contribution in [2.75, 3.05) is 25.5 Å². The molecule has 3 N–H and O–H groups in total. The normalized spacial score (nSPS) is 14.7. The Labute approximate surface area is 119 Å². The maximum absolute atomic E-state index is 12.7. The Kier molecular flexibility index (Phi) is 4.84. The van der Waals surface area contributed by atoms with E-state index < -0.39 is 0 Å². The van der Waals surface area contributed by atoms with Crippen LogP contribution in [0.4, 0.5) is 5.69 Å². The zero-order chi connectivity index (χ0) is 14.5. The molecule has 1 aromatic carbocycles. The zero-order valence-electron chi connectivity index (χ0n) is 11.8. The minimum Gasteiger partial charge on any atom is -0.493 e. The highest BCUT2D eigenvalue weighted by molar-refractivity contribution is 6.02. The van der Waals surface area contributed by atoms with Crippen molar-refractivity contribution in [3.05, 3.63) is 23.8 Å². The minimum absolute atomic E-state index is 0.0427. The highest BCUT2D eigenvalue weighted by Gasteiger charge is 2.31. The molecule has 1 fully saturated rings. The third kappa shape index (κ3) is 2.88. The maximum Gasteiger partial charge on any atom is 0.260 e. The number of nitrogens with zero attached hydrogens (tertiary/aromatic N) is 1. The lowest BCUT2D eigenvalue weighted by molar-refractivity contribution is 0.0523. The van der Waals surface area contributed by atoms with Gasteiger partial charge < -0.3 is 20.5 Å². The van der Waals surface area contributed by atoms with E-state index >= 15 is 0 Å². The first-order valence-electron chi connectivity index (χ1n) is 7.12. The molecule has 0 unspecified atom stereocenters. The minimum atomic E-state index is -0.148. The summed E-state index contributed by atoms with van der Waals surface area (Å²) in [5, 5.41) is 9.19. The van der Waals surface area contributed by atoms with Gasteiger partial charge >= 0.3 is 0 Å². The third-order valence-corrected chi connectivity index (χ3v) is 3.69. The molecule has 1 aliphatic rings. The smallest absolute Gasteiger partial charge is 0.260 e. The van der Waals surface area contributed by atoms with Gasteiger partial charge in [0.2, 0.25) is 0 Å². The number of benzene rings is 1. The predicted molar refractivity (Wildman–Crippen MR) is 77.8 cm³/mol. The fraction of sp³-hybridized carbons (Fsp3) is 0.533. The SMILES string of the molecule is CCOc1cccc(N)c1C(=O)N(CCO)C1CCC1. The summed E-state index contributed by atoms with van der Waals surface area (Å²) < 4.78 is 5.51. The van der Waals surface area contributed by atoms with E-state index in [-0.39, 0.29) is 18.6 Å². The maximum atomic E-state index is 12.7. The van der Waals surface area contributed by atoms with Crippen LogP contribution in [0.25, 0.3) is 0 Å². The number of nitrogens with two attached hydrogens (primary N) is 1. The van der Waals surface area contributed by atoms with E-state index in [0.717, 1.165) is 19.3 Å². The molecule has 0 bridgehead atoms. The van der Waals surface area contributed by atoms with E-state index in [1.54, 1.807) is 23.1 Å². The second-order valence-corrected chi connectivity index (χ2v) is 4.96. The van der Waals surface area contributed by atoms with Gasteiger partial charge in [-0.2, -0.15) is 0 Å². The average Bonchev–Trinajstić information content (AvgIpc) is 2.36. The number of rotatable bonds is 6. The second-order valence-electron chi connectivity index (χ2n) is 4.96. The molecule has 5 heteroatoms. The van der Waals surface area contributed by atoms with Crippen molar-refractivity contribution in [2.45, 2.75) is 32.2 Å². The van der Waals surface area contributed by atoms with Crippen molar-refractivity contribution in [2.24, 2.45) is 0 Å². The zero-order valence-corrected chi connectivity index (χ0v) is 11.8. The van der Waals surface area contributed by atoms with Gasteiger partial charge in [-0.05, 0) is 38.3 Å². The number of hydrogen-bond acceptors (Lipinski definition) is 4. The molecule has 1 saturated carbocycles. The fourth-order valence-corrected chi connectivity index (χ4v) is 2.45. The number of aliphatic hydroxyl groups is 1. The highest BCUT2D eigenvalue weighted by atomic mass is 16.5. The fourth-order valence-electron chi connectivity index (χ4n) is 2.45. The summed E-state index contributed by atoms with van der Waals surface area (Å²) in [7, 11) is 0. The van der Waals surface area contributed by atoms with Crippen molar-refractivity contribution >= 4 is 11.6 Å². The molecule has 1 amide bonds. The molecule has 0 atom stereocenters. The van der Waals surface area contributed by atoms with Crippen LogP contribution in [0.1, 0.15) is 36.5 Å². The summed E-state index contributed by atoms with van der Waals surface area (Å²) in [6.45, 7) is 2.64. The molecular formula is C15H22N2O3. The van der Waals surface area contributed by atoms with E-state index in [1.165, 1.54) is 0 Å². The Balaban J connectivity index is 2.30. The number of ether oxygens (including phenoxy) is 1. The van der Waals surface area contributed by atoms with Gasteiger partial charge in [0.15, 0.2) is 0 Å². The molecule has 0 spiro atoms. The molecule has 1 aromatic rings. The molecular weight excluding hydrogens is 256 g/mol. The Morgan fingerprint density at radius 3 is 2.80 bits per heavy atom. The molecule has 1 aliphatic carbocycles. The topological polar surface area (TPSA) is 75.8 Å². The third-order valence-electron chi connectivity index (χ3n) is 3.69. The van der Waals surface area contributed by atoms with Gasteiger partial charge in [0.1, 0.15) is 11.3 Å². The van der Waals surface area contributed by atoms with Crippen molar-refractivity contribution in [1.29, 1.82) is 0 Å². The van der Waals surface area contributed by atoms with E-state index in [2.05, 4.69) is 0 Å². The van der Waals surface area contributed by atoms with Crippen LogP contribution >= 0.6 is 0 Å². The molecule has 5 nitrogen and oxygen atoms in total. The first kappa shape index (κ1) is 14.7. The van der Waals surface area contributed by atoms with Crippen LogP contribution in [0.15, 0.2) is 18.2 Å². The molecule has 0 radical (unpaired) electrons. The molecule has 0 saturated heterocycles. The lowest BCUT2D eigenvalue weighted by Crippen LogP contribution is -2.46. The van der Waals surface area contributed by atoms with E-state index in [0.29, 0.717) is 30.2 Å². The number of aliphatic hydroxyl groups excluding tert-OH is 1. The van der Waals surface area contributed by atoms with Crippen molar-refractivity contribution in [1.82, 2.24) is 4.90 Å². The quantitative estimate of drug-likeness (QED) is 0.776. The van der Waals surface area contributed by atoms with Gasteiger partial charge in [0.25, 0.3) is 5.91 Å². The van der Waals surface area contributed by atoms with Gasteiger partial charge in [0, 0.05) is 18.3 Å². The Hall–Kier alpha value is -1.75. The summed E-state index contributed by atoms with van der Waals surface area (Å²) in [4.78, 5) is 14.5. The van der Waals surface area contributed by atoms with Gasteiger partial charge in [-0.3, -0.25) is 4.79 Å². The van der Waals surface area contributed by atoms with Crippen LogP contribution in [0.5, 0.6) is 5.75 Å². The molecule has 0 heterocycles. The first-order valence-corrected chi connectivity index (χ1v) is 7.12. The molecule has 0 aliphatic heterocycles. The van der Waals surface area contributed by atoms with Crippen LogP contribution < -0.4 is 10.5 Å². The van der Waals surface area contributed by atoms with E-state index in [9.17, 15) is 9.90 Å². The largest absolute Gasteiger partial charge is 0.493 e. The Morgan fingerprint density at radius 2 is 2.25 bits per heavy atom. The Bertz CT molecular complexity index is 472. The highest BCUT2D eigenvalue weighted by Crippen LogP contribution is 2.31. The number of carbonyl (C=O) groups excluding carboxylic acids is 1. The monoisotopic (exact) mass is 278 g/mol. The number of nitrogen functional groups attached to an aromatic ring is 1. The Morgan fingerprint density at radius 1 is 1.50 bits per heavy atom. The summed E-state index contributed by atoms with van der Waals surface area (Å²) in [5.41, 5.74) is 6.79. The molecule has 2 rings (SSSR count). The van der Waals surface area contributed by atoms with Crippen LogP contribution in [0.2, 0.25) is 0 Å². The summed E-state index contributed by atoms with van der Waals surface area (Å²) >= 11 is 0. The van der Waals surface area contributed by atoms with Gasteiger partial charge in [-0.15, -0.1) is 0 Å². The summed E-state index contributed by atoms with van der Waals surface area (Å²) in [6, 6.07) is 5.44. The predicted octanol–water partition coefficient (Wildman–Crippen LogP) is 1.65. The standard InChI is InChI=1S/C15H22N2O3/c1-2-20-13-8-4-7-12(16)14(13)15(19)17(9-10-18)11-5-3-6-11/h4,7-8,11,18H,2-3,5-6,9-10,16H2,1H3. The summed E-state index contributed by atoms with van der Waals surface area (Å²) in [6.07, 6.45) is 3.10. The number of hydrogen-bond donors (Lipinski definition) is 2. The van der Waals surface area contributed by atoms with Gasteiger partial charge in [-0.25, -0.2) is 0 Å². The van der Waals surface area contributed by atoms with Crippen LogP contribution in [0.3, 0.4) is 0 Å². The summed E-state index contributed by atoms with van der Waals surface area (Å²) in [5.74, 6) is 0.366. The lowest BCUT2D eigenvalue weighted by Gasteiger charge is -2.37. The van der Waals surface area contributed by atoms with Crippen molar-refractivity contribution in [3.8, 4) is 5.75 Å². The average molecular weight is 278 g/mol. The van der Waals surface area contributed by atoms with E-state index in [1.807, 2.05) is 6.92 Å². The number of amides is 1.